The molecule has 1 aliphatic carbocycles. The van der Waals surface area contributed by atoms with Crippen LogP contribution in [0.4, 0.5) is 4.39 Å². The highest BCUT2D eigenvalue weighted by molar-refractivity contribution is 5.68. The Hall–Kier alpha value is -2.51. The zero-order chi connectivity index (χ0) is 22.5. The van der Waals surface area contributed by atoms with Gasteiger partial charge in [0.1, 0.15) is 0 Å². The minimum absolute atomic E-state index is 0.0749. The van der Waals surface area contributed by atoms with Gasteiger partial charge in [-0.15, -0.1) is 0 Å². The summed E-state index contributed by atoms with van der Waals surface area (Å²) in [5.74, 6) is -1.24. The van der Waals surface area contributed by atoms with E-state index < -0.39 is 11.8 Å². The third-order valence-electron chi connectivity index (χ3n) is 6.41. The Bertz CT molecular complexity index is 946. The standard InChI is InChI=1S/C25H31FN2O4/c1-31-24-11-9-18(13-21(24)26)23(14-25(29)30)28-15-20(16-28)32-12-4-6-19-10-8-17-5-2-3-7-22(17)27-19/h8-11,13,20,23H,2-7,12,14-16H2,1H3,(H,29,30). The van der Waals surface area contributed by atoms with Crippen LogP contribution in [0, 0.1) is 5.82 Å². The highest BCUT2D eigenvalue weighted by Gasteiger charge is 2.35. The minimum Gasteiger partial charge on any atom is -0.494 e. The molecular formula is C25H31FN2O4. The fraction of sp³-hybridized carbons (Fsp3) is 0.520. The van der Waals surface area contributed by atoms with Crippen LogP contribution in [-0.4, -0.2) is 53.9 Å². The van der Waals surface area contributed by atoms with Gasteiger partial charge in [-0.3, -0.25) is 14.7 Å². The van der Waals surface area contributed by atoms with Crippen LogP contribution in [0.3, 0.4) is 0 Å². The number of ether oxygens (including phenoxy) is 2. The van der Waals surface area contributed by atoms with Crippen LogP contribution in [-0.2, 0) is 28.8 Å². The first-order chi connectivity index (χ1) is 15.5. The monoisotopic (exact) mass is 442 g/mol. The molecule has 1 unspecified atom stereocenters. The number of fused-ring (bicyclic) bond motifs is 1. The summed E-state index contributed by atoms with van der Waals surface area (Å²) in [7, 11) is 1.41. The topological polar surface area (TPSA) is 71.9 Å². The van der Waals surface area contributed by atoms with Crippen LogP contribution in [0.15, 0.2) is 30.3 Å². The second-order valence-electron chi connectivity index (χ2n) is 8.67. The number of rotatable bonds is 10. The van der Waals surface area contributed by atoms with Gasteiger partial charge in [0.25, 0.3) is 0 Å². The number of pyridine rings is 1. The van der Waals surface area contributed by atoms with Gasteiger partial charge in [-0.1, -0.05) is 12.1 Å². The summed E-state index contributed by atoms with van der Waals surface area (Å²) < 4.78 is 25.1. The van der Waals surface area contributed by atoms with E-state index in [4.69, 9.17) is 14.5 Å². The third-order valence-corrected chi connectivity index (χ3v) is 6.41. The summed E-state index contributed by atoms with van der Waals surface area (Å²) in [5.41, 5.74) is 4.44. The maximum atomic E-state index is 14.1. The number of hydrogen-bond acceptors (Lipinski definition) is 5. The van der Waals surface area contributed by atoms with Crippen LogP contribution in [0.1, 0.15) is 54.2 Å². The third kappa shape index (κ3) is 5.45. The van der Waals surface area contributed by atoms with Gasteiger partial charge in [-0.2, -0.15) is 0 Å². The molecule has 1 aliphatic heterocycles. The lowest BCUT2D eigenvalue weighted by atomic mass is 9.95. The summed E-state index contributed by atoms with van der Waals surface area (Å²) in [4.78, 5) is 18.2. The molecule has 1 saturated heterocycles. The molecule has 2 aliphatic rings. The molecule has 6 nitrogen and oxygen atoms in total. The summed E-state index contributed by atoms with van der Waals surface area (Å²) in [6, 6.07) is 8.63. The van der Waals surface area contributed by atoms with Gasteiger partial charge < -0.3 is 14.6 Å². The van der Waals surface area contributed by atoms with Crippen molar-refractivity contribution in [2.75, 3.05) is 26.8 Å². The van der Waals surface area contributed by atoms with Crippen LogP contribution < -0.4 is 4.74 Å². The Kier molecular flexibility index (Phi) is 7.37. The smallest absolute Gasteiger partial charge is 0.305 e. The molecule has 2 aromatic rings. The first kappa shape index (κ1) is 22.7. The van der Waals surface area contributed by atoms with Crippen molar-refractivity contribution in [1.29, 1.82) is 0 Å². The van der Waals surface area contributed by atoms with Gasteiger partial charge >= 0.3 is 5.97 Å². The predicted molar refractivity (Wildman–Crippen MR) is 118 cm³/mol. The van der Waals surface area contributed by atoms with Gasteiger partial charge in [0.2, 0.25) is 0 Å². The van der Waals surface area contributed by atoms with Crippen LogP contribution >= 0.6 is 0 Å². The first-order valence-corrected chi connectivity index (χ1v) is 11.4. The highest BCUT2D eigenvalue weighted by atomic mass is 19.1. The number of carboxylic acid groups (broad SMARTS) is 1. The average Bonchev–Trinajstić information content (AvgIpc) is 2.76. The van der Waals surface area contributed by atoms with E-state index in [1.807, 2.05) is 4.90 Å². The van der Waals surface area contributed by atoms with E-state index in [9.17, 15) is 14.3 Å². The van der Waals surface area contributed by atoms with Crippen molar-refractivity contribution in [2.45, 2.75) is 57.1 Å². The molecule has 0 bridgehead atoms. The Labute approximate surface area is 188 Å². The number of nitrogens with zero attached hydrogens (tertiary/aromatic N) is 2. The highest BCUT2D eigenvalue weighted by Crippen LogP contribution is 2.32. The van der Waals surface area contributed by atoms with Crippen LogP contribution in [0.25, 0.3) is 0 Å². The second-order valence-corrected chi connectivity index (χ2v) is 8.67. The molecular weight excluding hydrogens is 411 g/mol. The molecule has 1 fully saturated rings. The van der Waals surface area contributed by atoms with Gasteiger partial charge in [0, 0.05) is 37.1 Å². The quantitative estimate of drug-likeness (QED) is 0.562. The van der Waals surface area contributed by atoms with Crippen molar-refractivity contribution in [1.82, 2.24) is 9.88 Å². The molecule has 1 atom stereocenters. The van der Waals surface area contributed by atoms with E-state index in [1.165, 1.54) is 37.3 Å². The van der Waals surface area contributed by atoms with E-state index >= 15 is 0 Å². The van der Waals surface area contributed by atoms with Gasteiger partial charge in [-0.25, -0.2) is 4.39 Å². The van der Waals surface area contributed by atoms with Crippen molar-refractivity contribution in [3.63, 3.8) is 0 Å². The Morgan fingerprint density at radius 2 is 2.06 bits per heavy atom. The maximum absolute atomic E-state index is 14.1. The number of halogens is 1. The molecule has 4 rings (SSSR count). The molecule has 7 heteroatoms. The lowest BCUT2D eigenvalue weighted by molar-refractivity contribution is -0.140. The van der Waals surface area contributed by atoms with Crippen molar-refractivity contribution < 1.29 is 23.8 Å². The summed E-state index contributed by atoms with van der Waals surface area (Å²) in [5, 5.41) is 9.32. The number of aryl methyl sites for hydroxylation is 3. The number of hydrogen-bond donors (Lipinski definition) is 1. The predicted octanol–water partition coefficient (Wildman–Crippen LogP) is 3.96. The first-order valence-electron chi connectivity index (χ1n) is 11.4. The van der Waals surface area contributed by atoms with Crippen molar-refractivity contribution in [3.8, 4) is 5.75 Å². The molecule has 1 aromatic carbocycles. The lowest BCUT2D eigenvalue weighted by Crippen LogP contribution is -2.53. The number of carboxylic acids is 1. The normalized spacial score (nSPS) is 17.4. The Balaban J connectivity index is 1.24. The minimum atomic E-state index is -0.909. The molecule has 0 spiro atoms. The molecule has 32 heavy (non-hydrogen) atoms. The SMILES string of the molecule is COc1ccc(C(CC(=O)O)N2CC(OCCCc3ccc4c(n3)CCCC4)C2)cc1F. The number of carbonyl (C=O) groups is 1. The number of aromatic nitrogens is 1. The number of benzene rings is 1. The lowest BCUT2D eigenvalue weighted by Gasteiger charge is -2.43. The largest absolute Gasteiger partial charge is 0.494 e. The molecule has 0 saturated carbocycles. The molecule has 1 N–H and O–H groups in total. The summed E-state index contributed by atoms with van der Waals surface area (Å²) in [6.45, 7) is 1.93. The van der Waals surface area contributed by atoms with E-state index in [-0.39, 0.29) is 24.3 Å². The van der Waals surface area contributed by atoms with Gasteiger partial charge in [0.05, 0.1) is 19.6 Å². The maximum Gasteiger partial charge on any atom is 0.305 e. The Morgan fingerprint density at radius 1 is 1.25 bits per heavy atom. The van der Waals surface area contributed by atoms with Crippen LogP contribution in [0.5, 0.6) is 5.75 Å². The average molecular weight is 443 g/mol. The molecule has 0 amide bonds. The zero-order valence-electron chi connectivity index (χ0n) is 18.6. The van der Waals surface area contributed by atoms with E-state index in [0.29, 0.717) is 25.3 Å². The fourth-order valence-electron chi connectivity index (χ4n) is 4.61. The fourth-order valence-corrected chi connectivity index (χ4v) is 4.61. The van der Waals surface area contributed by atoms with E-state index in [2.05, 4.69) is 12.1 Å². The van der Waals surface area contributed by atoms with Crippen molar-refractivity contribution in [2.24, 2.45) is 0 Å². The summed E-state index contributed by atoms with van der Waals surface area (Å²) >= 11 is 0. The molecule has 172 valence electrons. The van der Waals surface area contributed by atoms with Crippen molar-refractivity contribution >= 4 is 5.97 Å². The zero-order valence-corrected chi connectivity index (χ0v) is 18.6. The van der Waals surface area contributed by atoms with E-state index in [1.54, 1.807) is 12.1 Å². The van der Waals surface area contributed by atoms with Gasteiger partial charge in [0.15, 0.2) is 11.6 Å². The second kappa shape index (κ2) is 10.4. The van der Waals surface area contributed by atoms with Crippen LogP contribution in [0.2, 0.25) is 0 Å². The molecule has 2 heterocycles. The van der Waals surface area contributed by atoms with Gasteiger partial charge in [-0.05, 0) is 67.9 Å². The number of likely N-dealkylation sites (tertiary alicyclic amines) is 1. The number of methoxy groups -OCH3 is 1. The van der Waals surface area contributed by atoms with Crippen molar-refractivity contribution in [3.05, 3.63) is 58.7 Å². The summed E-state index contributed by atoms with van der Waals surface area (Å²) in [6.07, 6.45) is 6.54. The van der Waals surface area contributed by atoms with E-state index in [0.717, 1.165) is 31.4 Å². The molecule has 1 aromatic heterocycles. The Morgan fingerprint density at radius 3 is 2.81 bits per heavy atom. The number of aliphatic carboxylic acids is 1. The molecule has 0 radical (unpaired) electrons.